The van der Waals surface area contributed by atoms with E-state index in [1.165, 1.54) is 6.07 Å². The molecular weight excluding hydrogens is 291 g/mol. The highest BCUT2D eigenvalue weighted by Crippen LogP contribution is 2.31. The van der Waals surface area contributed by atoms with Crippen molar-refractivity contribution >= 4 is 23.0 Å². The number of hydrogen-bond acceptors (Lipinski definition) is 4. The Hall–Kier alpha value is -1.41. The van der Waals surface area contributed by atoms with E-state index in [0.717, 1.165) is 12.5 Å². The fraction of sp³-hybridized carbons (Fsp3) is 0.500. The number of halogens is 3. The zero-order valence-corrected chi connectivity index (χ0v) is 11.6. The maximum absolute atomic E-state index is 12.8. The van der Waals surface area contributed by atoms with Crippen LogP contribution in [0.1, 0.15) is 17.7 Å². The van der Waals surface area contributed by atoms with Gasteiger partial charge in [0.2, 0.25) is 0 Å². The molecule has 1 atom stereocenters. The average molecular weight is 305 g/mol. The van der Waals surface area contributed by atoms with Crippen molar-refractivity contribution in [3.8, 4) is 0 Å². The molecule has 1 unspecified atom stereocenters. The number of anilines is 1. The molecule has 20 heavy (non-hydrogen) atoms. The lowest BCUT2D eigenvalue weighted by Gasteiger charge is -2.21. The zero-order valence-electron chi connectivity index (χ0n) is 10.8. The minimum Gasteiger partial charge on any atom is -0.389 e. The number of nitrogens with two attached hydrogens (primary N) is 1. The van der Waals surface area contributed by atoms with Crippen LogP contribution < -0.4 is 10.6 Å². The SMILES string of the molecule is COC1CCN(c2nc(C(F)(F)F)ccc2C(N)=S)C1. The van der Waals surface area contributed by atoms with Crippen molar-refractivity contribution in [1.29, 1.82) is 0 Å². The predicted molar refractivity (Wildman–Crippen MR) is 72.8 cm³/mol. The summed E-state index contributed by atoms with van der Waals surface area (Å²) in [4.78, 5) is 5.44. The van der Waals surface area contributed by atoms with E-state index in [-0.39, 0.29) is 16.9 Å². The molecule has 1 aromatic rings. The summed E-state index contributed by atoms with van der Waals surface area (Å²) in [5.41, 5.74) is 4.96. The van der Waals surface area contributed by atoms with Gasteiger partial charge in [-0.05, 0) is 18.6 Å². The third-order valence-corrected chi connectivity index (χ3v) is 3.43. The Kier molecular flexibility index (Phi) is 4.14. The second-order valence-corrected chi connectivity index (χ2v) is 4.96. The smallest absolute Gasteiger partial charge is 0.389 e. The van der Waals surface area contributed by atoms with Gasteiger partial charge in [-0.25, -0.2) is 4.98 Å². The second kappa shape index (κ2) is 5.53. The Morgan fingerprint density at radius 2 is 2.20 bits per heavy atom. The topological polar surface area (TPSA) is 51.4 Å². The van der Waals surface area contributed by atoms with E-state index in [1.54, 1.807) is 12.0 Å². The molecule has 2 heterocycles. The maximum atomic E-state index is 12.8. The molecule has 1 fully saturated rings. The number of ether oxygens (including phenoxy) is 1. The van der Waals surface area contributed by atoms with E-state index >= 15 is 0 Å². The van der Waals surface area contributed by atoms with Crippen molar-refractivity contribution in [3.05, 3.63) is 23.4 Å². The molecule has 0 amide bonds. The van der Waals surface area contributed by atoms with Gasteiger partial charge in [-0.3, -0.25) is 0 Å². The van der Waals surface area contributed by atoms with Crippen LogP contribution in [-0.4, -0.2) is 36.3 Å². The highest BCUT2D eigenvalue weighted by Gasteiger charge is 2.34. The Bertz CT molecular complexity index is 521. The second-order valence-electron chi connectivity index (χ2n) is 4.52. The molecule has 0 spiro atoms. The highest BCUT2D eigenvalue weighted by atomic mass is 32.1. The number of alkyl halides is 3. The van der Waals surface area contributed by atoms with E-state index in [0.29, 0.717) is 18.7 Å². The number of aromatic nitrogens is 1. The number of hydrogen-bond donors (Lipinski definition) is 1. The average Bonchev–Trinajstić information content (AvgIpc) is 2.85. The van der Waals surface area contributed by atoms with Crippen LogP contribution in [0, 0.1) is 0 Å². The quantitative estimate of drug-likeness (QED) is 0.865. The van der Waals surface area contributed by atoms with Crippen LogP contribution in [0.15, 0.2) is 12.1 Å². The van der Waals surface area contributed by atoms with Crippen molar-refractivity contribution < 1.29 is 17.9 Å². The molecule has 2 rings (SSSR count). The number of nitrogens with zero attached hydrogens (tertiary/aromatic N) is 2. The van der Waals surface area contributed by atoms with Gasteiger partial charge in [0.05, 0.1) is 11.7 Å². The molecule has 1 aliphatic heterocycles. The lowest BCUT2D eigenvalue weighted by molar-refractivity contribution is -0.141. The maximum Gasteiger partial charge on any atom is 0.433 e. The van der Waals surface area contributed by atoms with Crippen LogP contribution in [0.5, 0.6) is 0 Å². The first-order valence-corrected chi connectivity index (χ1v) is 6.39. The van der Waals surface area contributed by atoms with Gasteiger partial charge < -0.3 is 15.4 Å². The van der Waals surface area contributed by atoms with Gasteiger partial charge in [0.1, 0.15) is 16.5 Å². The molecule has 1 aromatic heterocycles. The van der Waals surface area contributed by atoms with E-state index in [1.807, 2.05) is 0 Å². The van der Waals surface area contributed by atoms with Crippen LogP contribution in [-0.2, 0) is 10.9 Å². The number of rotatable bonds is 3. The fourth-order valence-electron chi connectivity index (χ4n) is 2.15. The summed E-state index contributed by atoms with van der Waals surface area (Å²) in [5.74, 6) is 0.173. The summed E-state index contributed by atoms with van der Waals surface area (Å²) in [5, 5.41) is 0. The van der Waals surface area contributed by atoms with E-state index < -0.39 is 11.9 Å². The van der Waals surface area contributed by atoms with Gasteiger partial charge in [-0.1, -0.05) is 12.2 Å². The molecular formula is C12H14F3N3OS. The Morgan fingerprint density at radius 3 is 2.70 bits per heavy atom. The summed E-state index contributed by atoms with van der Waals surface area (Å²) >= 11 is 4.88. The summed E-state index contributed by atoms with van der Waals surface area (Å²) < 4.78 is 43.5. The van der Waals surface area contributed by atoms with Crippen molar-refractivity contribution in [2.45, 2.75) is 18.7 Å². The van der Waals surface area contributed by atoms with Crippen LogP contribution in [0.25, 0.3) is 0 Å². The van der Waals surface area contributed by atoms with Gasteiger partial charge in [0.25, 0.3) is 0 Å². The Morgan fingerprint density at radius 1 is 1.50 bits per heavy atom. The van der Waals surface area contributed by atoms with Crippen molar-refractivity contribution in [3.63, 3.8) is 0 Å². The van der Waals surface area contributed by atoms with E-state index in [4.69, 9.17) is 22.7 Å². The van der Waals surface area contributed by atoms with Gasteiger partial charge in [0, 0.05) is 20.2 Å². The summed E-state index contributed by atoms with van der Waals surface area (Å²) in [7, 11) is 1.57. The molecule has 0 aliphatic carbocycles. The predicted octanol–water partition coefficient (Wildman–Crippen LogP) is 1.96. The van der Waals surface area contributed by atoms with Gasteiger partial charge in [-0.15, -0.1) is 0 Å². The van der Waals surface area contributed by atoms with Crippen molar-refractivity contribution in [2.75, 3.05) is 25.1 Å². The Labute approximate surface area is 119 Å². The molecule has 110 valence electrons. The minimum absolute atomic E-state index is 0.0226. The Balaban J connectivity index is 2.40. The standard InChI is InChI=1S/C12H14F3N3OS/c1-19-7-4-5-18(6-7)11-8(10(16)20)2-3-9(17-11)12(13,14)15/h2-3,7H,4-6H2,1H3,(H2,16,20). The molecule has 0 radical (unpaired) electrons. The molecule has 1 aliphatic rings. The molecule has 0 bridgehead atoms. The van der Waals surface area contributed by atoms with Crippen LogP contribution >= 0.6 is 12.2 Å². The number of methoxy groups -OCH3 is 1. The lowest BCUT2D eigenvalue weighted by atomic mass is 10.2. The normalized spacial score (nSPS) is 19.4. The van der Waals surface area contributed by atoms with E-state index in [9.17, 15) is 13.2 Å². The molecule has 0 saturated carbocycles. The summed E-state index contributed by atoms with van der Waals surface area (Å²) in [6.07, 6.45) is -3.79. The monoisotopic (exact) mass is 305 g/mol. The van der Waals surface area contributed by atoms with Crippen LogP contribution in [0.3, 0.4) is 0 Å². The molecule has 8 heteroatoms. The third kappa shape index (κ3) is 3.01. The van der Waals surface area contributed by atoms with Crippen molar-refractivity contribution in [1.82, 2.24) is 4.98 Å². The summed E-state index contributed by atoms with van der Waals surface area (Å²) in [6.45, 7) is 1.03. The van der Waals surface area contributed by atoms with E-state index in [2.05, 4.69) is 4.98 Å². The van der Waals surface area contributed by atoms with Gasteiger partial charge >= 0.3 is 6.18 Å². The first kappa shape index (κ1) is 15.0. The first-order chi connectivity index (χ1) is 9.32. The molecule has 4 nitrogen and oxygen atoms in total. The summed E-state index contributed by atoms with van der Waals surface area (Å²) in [6, 6.07) is 2.16. The lowest BCUT2D eigenvalue weighted by Crippen LogP contribution is -2.27. The van der Waals surface area contributed by atoms with Crippen molar-refractivity contribution in [2.24, 2.45) is 5.73 Å². The third-order valence-electron chi connectivity index (χ3n) is 3.21. The highest BCUT2D eigenvalue weighted by molar-refractivity contribution is 7.80. The zero-order chi connectivity index (χ0) is 14.9. The number of thiocarbonyl (C=S) groups is 1. The number of pyridine rings is 1. The van der Waals surface area contributed by atoms with Crippen LogP contribution in [0.4, 0.5) is 19.0 Å². The largest absolute Gasteiger partial charge is 0.433 e. The fourth-order valence-corrected chi connectivity index (χ4v) is 2.31. The van der Waals surface area contributed by atoms with Crippen LogP contribution in [0.2, 0.25) is 0 Å². The molecule has 2 N–H and O–H groups in total. The first-order valence-electron chi connectivity index (χ1n) is 5.98. The minimum atomic E-state index is -4.50. The van der Waals surface area contributed by atoms with Gasteiger partial charge in [-0.2, -0.15) is 13.2 Å². The van der Waals surface area contributed by atoms with Gasteiger partial charge in [0.15, 0.2) is 0 Å². The molecule has 1 saturated heterocycles. The molecule has 0 aromatic carbocycles.